The van der Waals surface area contributed by atoms with E-state index in [9.17, 15) is 16.8 Å². The molecule has 1 saturated heterocycles. The van der Waals surface area contributed by atoms with Crippen molar-refractivity contribution < 1.29 is 16.8 Å². The van der Waals surface area contributed by atoms with Crippen LogP contribution in [0.4, 0.5) is 0 Å². The minimum atomic E-state index is -3.69. The molecule has 0 aromatic rings. The lowest BCUT2D eigenvalue weighted by atomic mass is 9.92. The fraction of sp³-hybridized carbons (Fsp3) is 1.00. The van der Waals surface area contributed by atoms with E-state index in [2.05, 4.69) is 0 Å². The van der Waals surface area contributed by atoms with Gasteiger partial charge in [0.2, 0.25) is 10.0 Å². The van der Waals surface area contributed by atoms with E-state index in [0.29, 0.717) is 31.8 Å². The summed E-state index contributed by atoms with van der Waals surface area (Å²) in [6.45, 7) is 2.64. The average Bonchev–Trinajstić information content (AvgIpc) is 2.14. The molecular weight excluding hydrogens is 264 g/mol. The first-order valence-corrected chi connectivity index (χ1v) is 9.20. The van der Waals surface area contributed by atoms with E-state index >= 15 is 0 Å². The summed E-state index contributed by atoms with van der Waals surface area (Å²) >= 11 is 0. The molecule has 1 rings (SSSR count). The lowest BCUT2D eigenvalue weighted by molar-refractivity contribution is 0.251. The molecule has 6 nitrogen and oxygen atoms in total. The maximum Gasteiger partial charge on any atom is 0.228 e. The quantitative estimate of drug-likeness (QED) is 0.742. The van der Waals surface area contributed by atoms with Gasteiger partial charge in [0.25, 0.3) is 0 Å². The van der Waals surface area contributed by atoms with Crippen molar-refractivity contribution in [3.63, 3.8) is 0 Å². The highest BCUT2D eigenvalue weighted by atomic mass is 32.3. The van der Waals surface area contributed by atoms with Crippen LogP contribution in [-0.4, -0.2) is 51.6 Å². The van der Waals surface area contributed by atoms with E-state index in [1.165, 1.54) is 4.31 Å². The highest BCUT2D eigenvalue weighted by molar-refractivity contribution is 8.06. The van der Waals surface area contributed by atoms with Gasteiger partial charge in [0.15, 0.2) is 14.9 Å². The number of nitrogens with two attached hydrogens (primary N) is 1. The van der Waals surface area contributed by atoms with Gasteiger partial charge in [-0.2, -0.15) is 0 Å². The third kappa shape index (κ3) is 4.53. The Morgan fingerprint density at radius 2 is 1.71 bits per heavy atom. The van der Waals surface area contributed by atoms with Crippen molar-refractivity contribution in [2.45, 2.75) is 25.8 Å². The average molecular weight is 284 g/mol. The van der Waals surface area contributed by atoms with E-state index in [4.69, 9.17) is 5.73 Å². The van der Waals surface area contributed by atoms with Gasteiger partial charge in [-0.25, -0.2) is 21.1 Å². The maximum absolute atomic E-state index is 11.8. The molecule has 0 aromatic heterocycles. The Hall–Kier alpha value is -0.180. The molecule has 0 bridgehead atoms. The molecule has 0 aliphatic carbocycles. The molecule has 0 saturated carbocycles. The van der Waals surface area contributed by atoms with Crippen molar-refractivity contribution in [3.8, 4) is 0 Å². The fourth-order valence-corrected chi connectivity index (χ4v) is 5.55. The van der Waals surface area contributed by atoms with Crippen LogP contribution in [0.1, 0.15) is 19.8 Å². The number of hydrogen-bond donors (Lipinski definition) is 1. The number of sulfone groups is 1. The standard InChI is InChI=1S/C9H20N2O4S2/c1-8(10)9-3-5-11(6-4-9)17(14,15)7-16(2,12)13/h8-9H,3-7,10H2,1-2H3. The van der Waals surface area contributed by atoms with Gasteiger partial charge in [0.1, 0.15) is 0 Å². The normalized spacial score (nSPS) is 22.5. The zero-order chi connectivity index (χ0) is 13.3. The van der Waals surface area contributed by atoms with Crippen molar-refractivity contribution >= 4 is 19.9 Å². The van der Waals surface area contributed by atoms with Crippen molar-refractivity contribution in [1.29, 1.82) is 0 Å². The third-order valence-corrected chi connectivity index (χ3v) is 7.05. The van der Waals surface area contributed by atoms with E-state index in [-0.39, 0.29) is 6.04 Å². The summed E-state index contributed by atoms with van der Waals surface area (Å²) in [7, 11) is -7.20. The van der Waals surface area contributed by atoms with Crippen LogP contribution in [0.15, 0.2) is 0 Å². The van der Waals surface area contributed by atoms with Crippen LogP contribution in [0.3, 0.4) is 0 Å². The second-order valence-corrected chi connectivity index (χ2v) is 9.23. The molecule has 2 N–H and O–H groups in total. The number of hydrogen-bond acceptors (Lipinski definition) is 5. The summed E-state index contributed by atoms with van der Waals surface area (Å²) in [5.74, 6) is 0.319. The first kappa shape index (κ1) is 14.9. The third-order valence-electron chi connectivity index (χ3n) is 3.00. The molecule has 8 heteroatoms. The van der Waals surface area contributed by atoms with Gasteiger partial charge in [-0.05, 0) is 25.7 Å². The molecule has 0 spiro atoms. The molecule has 0 amide bonds. The molecular formula is C9H20N2O4S2. The summed E-state index contributed by atoms with van der Waals surface area (Å²) in [4.78, 5) is 0. The van der Waals surface area contributed by atoms with Crippen LogP contribution in [0.25, 0.3) is 0 Å². The molecule has 1 heterocycles. The van der Waals surface area contributed by atoms with Crippen molar-refractivity contribution in [2.24, 2.45) is 11.7 Å². The lowest BCUT2D eigenvalue weighted by Gasteiger charge is -2.32. The number of sulfonamides is 1. The first-order chi connectivity index (χ1) is 7.62. The maximum atomic E-state index is 11.8. The second kappa shape index (κ2) is 5.21. The van der Waals surface area contributed by atoms with Crippen LogP contribution >= 0.6 is 0 Å². The van der Waals surface area contributed by atoms with Gasteiger partial charge >= 0.3 is 0 Å². The number of piperidine rings is 1. The van der Waals surface area contributed by atoms with Crippen LogP contribution in [0.5, 0.6) is 0 Å². The molecule has 1 fully saturated rings. The molecule has 1 atom stereocenters. The second-order valence-electron chi connectivity index (χ2n) is 4.75. The monoisotopic (exact) mass is 284 g/mol. The van der Waals surface area contributed by atoms with E-state index in [0.717, 1.165) is 6.26 Å². The number of nitrogens with zero attached hydrogens (tertiary/aromatic N) is 1. The van der Waals surface area contributed by atoms with Crippen molar-refractivity contribution in [2.75, 3.05) is 24.4 Å². The first-order valence-electron chi connectivity index (χ1n) is 5.53. The molecule has 1 unspecified atom stereocenters. The van der Waals surface area contributed by atoms with E-state index in [1.54, 1.807) is 0 Å². The Kier molecular flexibility index (Phi) is 4.56. The van der Waals surface area contributed by atoms with Crippen LogP contribution in [-0.2, 0) is 19.9 Å². The van der Waals surface area contributed by atoms with Gasteiger partial charge in [0, 0.05) is 25.4 Å². The Morgan fingerprint density at radius 1 is 1.24 bits per heavy atom. The Morgan fingerprint density at radius 3 is 2.06 bits per heavy atom. The molecule has 102 valence electrons. The van der Waals surface area contributed by atoms with Gasteiger partial charge in [-0.15, -0.1) is 0 Å². The molecule has 1 aliphatic rings. The van der Waals surface area contributed by atoms with Gasteiger partial charge in [-0.3, -0.25) is 0 Å². The Labute approximate surface area is 103 Å². The SMILES string of the molecule is CC(N)C1CCN(S(=O)(=O)CS(C)(=O)=O)CC1. The van der Waals surface area contributed by atoms with Crippen molar-refractivity contribution in [3.05, 3.63) is 0 Å². The highest BCUT2D eigenvalue weighted by Crippen LogP contribution is 2.22. The zero-order valence-corrected chi connectivity index (χ0v) is 11.8. The minimum Gasteiger partial charge on any atom is -0.328 e. The number of rotatable bonds is 4. The lowest BCUT2D eigenvalue weighted by Crippen LogP contribution is -2.44. The van der Waals surface area contributed by atoms with Crippen LogP contribution < -0.4 is 5.73 Å². The van der Waals surface area contributed by atoms with Crippen LogP contribution in [0, 0.1) is 5.92 Å². The summed E-state index contributed by atoms with van der Waals surface area (Å²) in [5, 5.41) is -0.803. The summed E-state index contributed by atoms with van der Waals surface area (Å²) in [6, 6.07) is 0.0507. The Bertz CT molecular complexity index is 447. The molecule has 0 aromatic carbocycles. The van der Waals surface area contributed by atoms with E-state index < -0.39 is 24.9 Å². The topological polar surface area (TPSA) is 97.5 Å². The smallest absolute Gasteiger partial charge is 0.228 e. The van der Waals surface area contributed by atoms with Gasteiger partial charge in [-0.1, -0.05) is 0 Å². The zero-order valence-electron chi connectivity index (χ0n) is 10.2. The summed E-state index contributed by atoms with van der Waals surface area (Å²) < 4.78 is 46.9. The predicted molar refractivity (Wildman–Crippen MR) is 66.6 cm³/mol. The predicted octanol–water partition coefficient (Wildman–Crippen LogP) is -0.622. The molecule has 0 radical (unpaired) electrons. The van der Waals surface area contributed by atoms with Gasteiger partial charge in [0.05, 0.1) is 0 Å². The molecule has 17 heavy (non-hydrogen) atoms. The summed E-state index contributed by atoms with van der Waals surface area (Å²) in [6.07, 6.45) is 2.32. The van der Waals surface area contributed by atoms with Crippen molar-refractivity contribution in [1.82, 2.24) is 4.31 Å². The van der Waals surface area contributed by atoms with Gasteiger partial charge < -0.3 is 5.73 Å². The van der Waals surface area contributed by atoms with Crippen LogP contribution in [0.2, 0.25) is 0 Å². The molecule has 1 aliphatic heterocycles. The van der Waals surface area contributed by atoms with E-state index in [1.807, 2.05) is 6.92 Å². The largest absolute Gasteiger partial charge is 0.328 e. The Balaban J connectivity index is 2.65. The highest BCUT2D eigenvalue weighted by Gasteiger charge is 2.31. The summed E-state index contributed by atoms with van der Waals surface area (Å²) in [5.41, 5.74) is 5.76. The minimum absolute atomic E-state index is 0.0507. The fourth-order valence-electron chi connectivity index (χ4n) is 2.02.